The minimum atomic E-state index is -4.21. The minimum Gasteiger partial charge on any atom is -0.217 e. The molecule has 0 aliphatic carbocycles. The van der Waals surface area contributed by atoms with Crippen LogP contribution in [0.2, 0.25) is 0 Å². The number of hydrogen-bond donors (Lipinski definition) is 1. The monoisotopic (exact) mass is 434 g/mol. The largest absolute Gasteiger partial charge is 0.243 e. The maximum atomic E-state index is 14.0. The Morgan fingerprint density at radius 1 is 1.14 bits per heavy atom. The lowest BCUT2D eigenvalue weighted by atomic mass is 10.1. The second-order valence-electron chi connectivity index (χ2n) is 6.22. The molecule has 4 aromatic rings. The molecule has 2 aromatic carbocycles. The molecule has 0 amide bonds. The molecule has 0 aliphatic heterocycles. The number of hydrogen-bond acceptors (Lipinski definition) is 5. The van der Waals surface area contributed by atoms with Gasteiger partial charge in [-0.15, -0.1) is 0 Å². The first-order valence-electron chi connectivity index (χ1n) is 8.76. The van der Waals surface area contributed by atoms with Gasteiger partial charge in [0.25, 0.3) is 0 Å². The van der Waals surface area contributed by atoms with E-state index in [-0.39, 0.29) is 6.54 Å². The van der Waals surface area contributed by atoms with Crippen LogP contribution in [0.15, 0.2) is 53.4 Å². The van der Waals surface area contributed by atoms with Gasteiger partial charge in [0.05, 0.1) is 17.9 Å². The summed E-state index contributed by atoms with van der Waals surface area (Å²) < 4.78 is 56.2. The summed E-state index contributed by atoms with van der Waals surface area (Å²) in [7, 11) is -4.21. The molecule has 2 aromatic heterocycles. The van der Waals surface area contributed by atoms with Gasteiger partial charge in [-0.05, 0) is 18.6 Å². The molecule has 1 N–H and O–H groups in total. The number of nitrogens with zero attached hydrogens (tertiary/aromatic N) is 3. The highest BCUT2D eigenvalue weighted by molar-refractivity contribution is 7.89. The van der Waals surface area contributed by atoms with Gasteiger partial charge in [-0.2, -0.15) is 5.10 Å². The Kier molecular flexibility index (Phi) is 5.15. The zero-order valence-electron chi connectivity index (χ0n) is 15.3. The molecule has 0 saturated heterocycles. The number of sulfonamides is 1. The van der Waals surface area contributed by atoms with Crippen LogP contribution in [0.1, 0.15) is 17.6 Å². The van der Waals surface area contributed by atoms with E-state index in [9.17, 15) is 17.2 Å². The first-order chi connectivity index (χ1) is 13.9. The zero-order chi connectivity index (χ0) is 20.6. The Hall–Kier alpha value is -2.69. The average Bonchev–Trinajstić information content (AvgIpc) is 3.24. The number of benzene rings is 2. The van der Waals surface area contributed by atoms with Crippen LogP contribution in [-0.4, -0.2) is 23.0 Å². The van der Waals surface area contributed by atoms with Gasteiger partial charge in [-0.1, -0.05) is 48.6 Å². The van der Waals surface area contributed by atoms with E-state index in [0.717, 1.165) is 29.1 Å². The summed E-state index contributed by atoms with van der Waals surface area (Å²) in [4.78, 5) is 4.64. The fraction of sp³-hybridized carbons (Fsp3) is 0.158. The summed E-state index contributed by atoms with van der Waals surface area (Å²) in [5, 5.41) is 5.36. The second-order valence-corrected chi connectivity index (χ2v) is 8.99. The van der Waals surface area contributed by atoms with E-state index in [1.165, 1.54) is 11.3 Å². The van der Waals surface area contributed by atoms with Gasteiger partial charge in [0.1, 0.15) is 21.5 Å². The highest BCUT2D eigenvalue weighted by atomic mass is 32.2. The lowest BCUT2D eigenvalue weighted by Gasteiger charge is -2.09. The second kappa shape index (κ2) is 7.62. The molecule has 0 atom stereocenters. The fourth-order valence-electron chi connectivity index (χ4n) is 2.89. The molecule has 150 valence electrons. The Labute approximate surface area is 169 Å². The third-order valence-electron chi connectivity index (χ3n) is 4.30. The molecule has 0 aliphatic rings. The lowest BCUT2D eigenvalue weighted by molar-refractivity contribution is 0.542. The lowest BCUT2D eigenvalue weighted by Crippen LogP contribution is -2.25. The zero-order valence-corrected chi connectivity index (χ0v) is 16.9. The van der Waals surface area contributed by atoms with Gasteiger partial charge in [0.15, 0.2) is 0 Å². The number of halogens is 2. The molecule has 29 heavy (non-hydrogen) atoms. The summed E-state index contributed by atoms with van der Waals surface area (Å²) in [6.45, 7) is 1.81. The van der Waals surface area contributed by atoms with Crippen molar-refractivity contribution in [3.63, 3.8) is 0 Å². The van der Waals surface area contributed by atoms with Gasteiger partial charge < -0.3 is 0 Å². The third-order valence-corrected chi connectivity index (χ3v) is 6.79. The maximum Gasteiger partial charge on any atom is 0.243 e. The van der Waals surface area contributed by atoms with Crippen molar-refractivity contribution in [2.24, 2.45) is 0 Å². The number of rotatable bonds is 6. The van der Waals surface area contributed by atoms with E-state index < -0.39 is 26.6 Å². The Bertz CT molecular complexity index is 1280. The van der Waals surface area contributed by atoms with Crippen molar-refractivity contribution < 1.29 is 17.2 Å². The highest BCUT2D eigenvalue weighted by Gasteiger charge is 2.23. The number of nitrogens with one attached hydrogen (secondary N) is 1. The molecule has 0 unspecified atom stereocenters. The van der Waals surface area contributed by atoms with Crippen LogP contribution >= 0.6 is 11.3 Å². The van der Waals surface area contributed by atoms with Crippen molar-refractivity contribution in [1.82, 2.24) is 19.3 Å². The van der Waals surface area contributed by atoms with Gasteiger partial charge in [-0.25, -0.2) is 31.4 Å². The van der Waals surface area contributed by atoms with Gasteiger partial charge >= 0.3 is 0 Å². The van der Waals surface area contributed by atoms with E-state index >= 15 is 0 Å². The molecule has 10 heteroatoms. The van der Waals surface area contributed by atoms with Gasteiger partial charge in [0.2, 0.25) is 15.0 Å². The summed E-state index contributed by atoms with van der Waals surface area (Å²) in [5.41, 5.74) is 1.94. The SMILES string of the molecule is CCc1nn2c(CNS(=O)(=O)c3ccc(F)cc3F)c(-c3ccccc3)nc2s1. The topological polar surface area (TPSA) is 76.4 Å². The van der Waals surface area contributed by atoms with Crippen LogP contribution in [0.5, 0.6) is 0 Å². The minimum absolute atomic E-state index is 0.155. The van der Waals surface area contributed by atoms with Gasteiger partial charge in [-0.3, -0.25) is 0 Å². The van der Waals surface area contributed by atoms with Crippen LogP contribution in [0.25, 0.3) is 16.2 Å². The summed E-state index contributed by atoms with van der Waals surface area (Å²) in [5.74, 6) is -2.00. The van der Waals surface area contributed by atoms with Crippen LogP contribution in [0, 0.1) is 11.6 Å². The summed E-state index contributed by atoms with van der Waals surface area (Å²) in [6.07, 6.45) is 0.723. The molecule has 0 bridgehead atoms. The van der Waals surface area contributed by atoms with E-state index in [4.69, 9.17) is 0 Å². The highest BCUT2D eigenvalue weighted by Crippen LogP contribution is 2.27. The number of imidazole rings is 1. The fourth-order valence-corrected chi connectivity index (χ4v) is 4.79. The smallest absolute Gasteiger partial charge is 0.217 e. The Balaban J connectivity index is 1.73. The molecular weight excluding hydrogens is 418 g/mol. The van der Waals surface area contributed by atoms with Crippen LogP contribution in [-0.2, 0) is 23.0 Å². The number of aromatic nitrogens is 3. The van der Waals surface area contributed by atoms with Crippen molar-refractivity contribution in [1.29, 1.82) is 0 Å². The predicted molar refractivity (Wildman–Crippen MR) is 106 cm³/mol. The van der Waals surface area contributed by atoms with E-state index in [2.05, 4.69) is 14.8 Å². The maximum absolute atomic E-state index is 14.0. The molecule has 0 spiro atoms. The quantitative estimate of drug-likeness (QED) is 0.501. The summed E-state index contributed by atoms with van der Waals surface area (Å²) in [6, 6.07) is 11.7. The number of fused-ring (bicyclic) bond motifs is 1. The normalized spacial score (nSPS) is 12.0. The molecule has 0 fully saturated rings. The molecule has 6 nitrogen and oxygen atoms in total. The molecule has 2 heterocycles. The standard InChI is InChI=1S/C19H16F2N4O2S2/c1-2-17-24-25-15(18(23-19(25)28-17)12-6-4-3-5-7-12)11-22-29(26,27)16-9-8-13(20)10-14(16)21/h3-10,22H,2,11H2,1H3. The molecular formula is C19H16F2N4O2S2. The number of aryl methyl sites for hydroxylation is 1. The van der Waals surface area contributed by atoms with Crippen molar-refractivity contribution in [2.75, 3.05) is 0 Å². The van der Waals surface area contributed by atoms with Crippen LogP contribution < -0.4 is 4.72 Å². The Morgan fingerprint density at radius 3 is 2.59 bits per heavy atom. The summed E-state index contributed by atoms with van der Waals surface area (Å²) >= 11 is 1.42. The van der Waals surface area contributed by atoms with E-state index in [1.807, 2.05) is 37.3 Å². The van der Waals surface area contributed by atoms with Crippen molar-refractivity contribution in [3.05, 3.63) is 70.9 Å². The first kappa shape index (κ1) is 19.6. The van der Waals surface area contributed by atoms with Crippen molar-refractivity contribution in [2.45, 2.75) is 24.8 Å². The molecule has 0 saturated carbocycles. The third kappa shape index (κ3) is 3.78. The van der Waals surface area contributed by atoms with Crippen molar-refractivity contribution >= 4 is 26.3 Å². The predicted octanol–water partition coefficient (Wildman–Crippen LogP) is 3.78. The van der Waals surface area contributed by atoms with Crippen LogP contribution in [0.3, 0.4) is 0 Å². The van der Waals surface area contributed by atoms with E-state index in [1.54, 1.807) is 4.52 Å². The van der Waals surface area contributed by atoms with Crippen molar-refractivity contribution in [3.8, 4) is 11.3 Å². The molecule has 0 radical (unpaired) electrons. The average molecular weight is 434 g/mol. The first-order valence-corrected chi connectivity index (χ1v) is 11.1. The van der Waals surface area contributed by atoms with Gasteiger partial charge in [0, 0.05) is 11.6 Å². The Morgan fingerprint density at radius 2 is 1.90 bits per heavy atom. The van der Waals surface area contributed by atoms with E-state index in [0.29, 0.717) is 22.4 Å². The van der Waals surface area contributed by atoms with Crippen LogP contribution in [0.4, 0.5) is 8.78 Å². The molecule has 4 rings (SSSR count).